The molecule has 0 bridgehead atoms. The summed E-state index contributed by atoms with van der Waals surface area (Å²) in [5, 5.41) is 13.2. The van der Waals surface area contributed by atoms with Crippen LogP contribution in [0.1, 0.15) is 47.1 Å². The molecule has 5 heteroatoms. The van der Waals surface area contributed by atoms with Gasteiger partial charge in [0.1, 0.15) is 5.82 Å². The van der Waals surface area contributed by atoms with E-state index in [9.17, 15) is 14.3 Å². The van der Waals surface area contributed by atoms with Crippen molar-refractivity contribution in [2.75, 3.05) is 0 Å². The Labute approximate surface area is 145 Å². The van der Waals surface area contributed by atoms with E-state index < -0.39 is 6.10 Å². The first-order valence-electron chi connectivity index (χ1n) is 8.24. The van der Waals surface area contributed by atoms with Gasteiger partial charge in [-0.05, 0) is 56.5 Å². The van der Waals surface area contributed by atoms with Gasteiger partial charge >= 0.3 is 0 Å². The Morgan fingerprint density at radius 3 is 2.67 bits per heavy atom. The molecule has 0 radical (unpaired) electrons. The van der Waals surface area contributed by atoms with Crippen molar-refractivity contribution in [3.8, 4) is 0 Å². The van der Waals surface area contributed by atoms with Crippen molar-refractivity contribution in [3.05, 3.63) is 57.5 Å². The molecule has 0 aliphatic heterocycles. The molecular weight excluding hydrogens is 325 g/mol. The Bertz CT molecular complexity index is 712. The first-order valence-corrected chi connectivity index (χ1v) is 9.06. The first kappa shape index (κ1) is 17.1. The number of halogens is 1. The van der Waals surface area contributed by atoms with Crippen LogP contribution in [0.25, 0.3) is 0 Å². The maximum atomic E-state index is 12.9. The topological polar surface area (TPSA) is 49.3 Å². The highest BCUT2D eigenvalue weighted by Crippen LogP contribution is 2.49. The molecule has 1 amide bonds. The second-order valence-electron chi connectivity index (χ2n) is 6.61. The molecule has 1 heterocycles. The highest BCUT2D eigenvalue weighted by Gasteiger charge is 2.44. The fourth-order valence-electron chi connectivity index (χ4n) is 3.02. The molecule has 4 atom stereocenters. The third-order valence-electron chi connectivity index (χ3n) is 4.47. The number of aryl methyl sites for hydroxylation is 1. The van der Waals surface area contributed by atoms with E-state index in [1.807, 2.05) is 6.92 Å². The molecular formula is C19H22FNO2S. The number of aliphatic hydroxyl groups is 1. The highest BCUT2D eigenvalue weighted by molar-refractivity contribution is 7.12. The number of benzene rings is 1. The molecule has 0 saturated heterocycles. The number of carbonyl (C=O) groups is 1. The summed E-state index contributed by atoms with van der Waals surface area (Å²) in [6.45, 7) is 3.96. The van der Waals surface area contributed by atoms with E-state index in [1.165, 1.54) is 21.9 Å². The standard InChI is InChI=1S/C19H22FNO2S/c1-11(9-17(22)13-4-6-14(20)7-5-13)21-19(23)16-10-15(16)18-8-3-12(2)24-18/h3-8,11,15-17,22H,9-10H2,1-2H3,(H,21,23). The third-order valence-corrected chi connectivity index (χ3v) is 5.61. The summed E-state index contributed by atoms with van der Waals surface area (Å²) in [6.07, 6.45) is 0.599. The fraction of sp³-hybridized carbons (Fsp3) is 0.421. The smallest absolute Gasteiger partial charge is 0.223 e. The number of carbonyl (C=O) groups excluding carboxylic acids is 1. The minimum Gasteiger partial charge on any atom is -0.388 e. The van der Waals surface area contributed by atoms with Crippen LogP contribution in [0.15, 0.2) is 36.4 Å². The van der Waals surface area contributed by atoms with Gasteiger partial charge in [0, 0.05) is 27.6 Å². The largest absolute Gasteiger partial charge is 0.388 e. The Kier molecular flexibility index (Phi) is 5.01. The Balaban J connectivity index is 1.49. The molecule has 1 aromatic heterocycles. The van der Waals surface area contributed by atoms with Gasteiger partial charge in [-0.2, -0.15) is 0 Å². The van der Waals surface area contributed by atoms with Crippen molar-refractivity contribution in [2.24, 2.45) is 5.92 Å². The van der Waals surface area contributed by atoms with E-state index in [2.05, 4.69) is 24.4 Å². The minimum absolute atomic E-state index is 0.0495. The zero-order chi connectivity index (χ0) is 17.3. The predicted octanol–water partition coefficient (Wildman–Crippen LogP) is 3.93. The Morgan fingerprint density at radius 1 is 1.33 bits per heavy atom. The van der Waals surface area contributed by atoms with Gasteiger partial charge in [0.2, 0.25) is 5.91 Å². The average Bonchev–Trinajstić information content (AvgIpc) is 3.22. The van der Waals surface area contributed by atoms with Crippen molar-refractivity contribution in [1.82, 2.24) is 5.32 Å². The summed E-state index contributed by atoms with van der Waals surface area (Å²) in [5.41, 5.74) is 0.663. The van der Waals surface area contributed by atoms with Crippen molar-refractivity contribution in [2.45, 2.75) is 44.8 Å². The third kappa shape index (κ3) is 4.02. The molecule has 4 unspecified atom stereocenters. The molecule has 0 spiro atoms. The van der Waals surface area contributed by atoms with Crippen LogP contribution in [0.3, 0.4) is 0 Å². The van der Waals surface area contributed by atoms with E-state index in [-0.39, 0.29) is 23.7 Å². The monoisotopic (exact) mass is 347 g/mol. The summed E-state index contributed by atoms with van der Waals surface area (Å²) < 4.78 is 12.9. The maximum Gasteiger partial charge on any atom is 0.223 e. The molecule has 24 heavy (non-hydrogen) atoms. The summed E-state index contributed by atoms with van der Waals surface area (Å²) in [4.78, 5) is 14.9. The molecule has 3 nitrogen and oxygen atoms in total. The number of hydrogen-bond acceptors (Lipinski definition) is 3. The number of rotatable bonds is 6. The average molecular weight is 347 g/mol. The van der Waals surface area contributed by atoms with Crippen LogP contribution < -0.4 is 5.32 Å². The summed E-state index contributed by atoms with van der Waals surface area (Å²) in [5.74, 6) is 0.132. The van der Waals surface area contributed by atoms with Crippen molar-refractivity contribution in [1.29, 1.82) is 0 Å². The van der Waals surface area contributed by atoms with Gasteiger partial charge < -0.3 is 10.4 Å². The van der Waals surface area contributed by atoms with E-state index in [0.29, 0.717) is 17.9 Å². The molecule has 1 aliphatic carbocycles. The number of nitrogens with one attached hydrogen (secondary N) is 1. The van der Waals surface area contributed by atoms with Crippen LogP contribution in [0, 0.1) is 18.7 Å². The molecule has 1 aliphatic rings. The second-order valence-corrected chi connectivity index (χ2v) is 7.93. The Morgan fingerprint density at radius 2 is 2.04 bits per heavy atom. The van der Waals surface area contributed by atoms with Crippen molar-refractivity contribution >= 4 is 17.2 Å². The molecule has 2 aromatic rings. The van der Waals surface area contributed by atoms with Gasteiger partial charge in [-0.1, -0.05) is 12.1 Å². The predicted molar refractivity (Wildman–Crippen MR) is 93.5 cm³/mol. The number of thiophene rings is 1. The van der Waals surface area contributed by atoms with Crippen LogP contribution in [-0.2, 0) is 4.79 Å². The van der Waals surface area contributed by atoms with Crippen LogP contribution >= 0.6 is 11.3 Å². The van der Waals surface area contributed by atoms with E-state index in [1.54, 1.807) is 23.5 Å². The summed E-state index contributed by atoms with van der Waals surface area (Å²) in [7, 11) is 0. The zero-order valence-corrected chi connectivity index (χ0v) is 14.6. The number of amides is 1. The van der Waals surface area contributed by atoms with E-state index >= 15 is 0 Å². The van der Waals surface area contributed by atoms with Gasteiger partial charge in [-0.25, -0.2) is 4.39 Å². The van der Waals surface area contributed by atoms with Crippen LogP contribution in [0.5, 0.6) is 0 Å². The van der Waals surface area contributed by atoms with Crippen molar-refractivity contribution < 1.29 is 14.3 Å². The zero-order valence-electron chi connectivity index (χ0n) is 13.8. The normalized spacial score (nSPS) is 22.0. The maximum absolute atomic E-state index is 12.9. The Hall–Kier alpha value is -1.72. The molecule has 3 rings (SSSR count). The minimum atomic E-state index is -0.712. The van der Waals surface area contributed by atoms with Crippen LogP contribution in [0.2, 0.25) is 0 Å². The molecule has 1 fully saturated rings. The van der Waals surface area contributed by atoms with Gasteiger partial charge in [-0.3, -0.25) is 4.79 Å². The highest BCUT2D eigenvalue weighted by atomic mass is 32.1. The van der Waals surface area contributed by atoms with E-state index in [0.717, 1.165) is 6.42 Å². The second kappa shape index (κ2) is 7.03. The summed E-state index contributed by atoms with van der Waals surface area (Å²) >= 11 is 1.76. The fourth-order valence-corrected chi connectivity index (χ4v) is 4.07. The van der Waals surface area contributed by atoms with E-state index in [4.69, 9.17) is 0 Å². The molecule has 128 valence electrons. The molecule has 1 saturated carbocycles. The first-order chi connectivity index (χ1) is 11.4. The van der Waals surface area contributed by atoms with Gasteiger partial charge in [0.25, 0.3) is 0 Å². The number of aliphatic hydroxyl groups excluding tert-OH is 1. The van der Waals surface area contributed by atoms with Crippen LogP contribution in [0.4, 0.5) is 4.39 Å². The van der Waals surface area contributed by atoms with Gasteiger partial charge in [0.15, 0.2) is 0 Å². The number of hydrogen-bond donors (Lipinski definition) is 2. The van der Waals surface area contributed by atoms with Crippen LogP contribution in [-0.4, -0.2) is 17.1 Å². The van der Waals surface area contributed by atoms with Crippen molar-refractivity contribution in [3.63, 3.8) is 0 Å². The molecule has 2 N–H and O–H groups in total. The summed E-state index contributed by atoms with van der Waals surface area (Å²) in [6, 6.07) is 9.88. The van der Waals surface area contributed by atoms with Gasteiger partial charge in [-0.15, -0.1) is 11.3 Å². The lowest BCUT2D eigenvalue weighted by molar-refractivity contribution is -0.123. The lowest BCUT2D eigenvalue weighted by Gasteiger charge is -2.18. The quantitative estimate of drug-likeness (QED) is 0.832. The lowest BCUT2D eigenvalue weighted by Crippen LogP contribution is -2.35. The van der Waals surface area contributed by atoms with Gasteiger partial charge in [0.05, 0.1) is 6.10 Å². The SMILES string of the molecule is Cc1ccc(C2CC2C(=O)NC(C)CC(O)c2ccc(F)cc2)s1. The molecule has 1 aromatic carbocycles. The lowest BCUT2D eigenvalue weighted by atomic mass is 10.0.